The van der Waals surface area contributed by atoms with Crippen LogP contribution < -0.4 is 0 Å². The van der Waals surface area contributed by atoms with Crippen LogP contribution in [0, 0.1) is 55.4 Å². The van der Waals surface area contributed by atoms with Crippen molar-refractivity contribution in [1.29, 1.82) is 0 Å². The van der Waals surface area contributed by atoms with Gasteiger partial charge in [-0.05, 0) is 99.9 Å². The number of hydrogen-bond donors (Lipinski definition) is 0. The summed E-state index contributed by atoms with van der Waals surface area (Å²) in [7, 11) is 0. The summed E-state index contributed by atoms with van der Waals surface area (Å²) in [4.78, 5) is 51.0. The monoisotopic (exact) mass is 528 g/mol. The average molecular weight is 529 g/mol. The molecule has 0 fully saturated rings. The van der Waals surface area contributed by atoms with Gasteiger partial charge < -0.3 is 0 Å². The lowest BCUT2D eigenvalue weighted by molar-refractivity contribution is 0.0976. The summed E-state index contributed by atoms with van der Waals surface area (Å²) in [5.41, 5.74) is 12.6. The Kier molecular flexibility index (Phi) is 6.54. The maximum Gasteiger partial charge on any atom is 0.195 e. The van der Waals surface area contributed by atoms with Crippen molar-refractivity contribution in [3.63, 3.8) is 0 Å². The molecule has 2 aliphatic rings. The number of carbonyl (C=O) groups excluding carboxylic acids is 4. The number of carbonyl (C=O) groups is 4. The Labute approximate surface area is 235 Å². The third-order valence-electron chi connectivity index (χ3n) is 9.12. The van der Waals surface area contributed by atoms with Gasteiger partial charge in [-0.15, -0.1) is 0 Å². The van der Waals surface area contributed by atoms with E-state index >= 15 is 0 Å². The van der Waals surface area contributed by atoms with Crippen LogP contribution in [0.3, 0.4) is 0 Å². The molecule has 0 bridgehead atoms. The highest BCUT2D eigenvalue weighted by atomic mass is 16.1. The lowest BCUT2D eigenvalue weighted by Crippen LogP contribution is -2.27. The molecule has 0 aliphatic heterocycles. The molecule has 4 aromatic carbocycles. The highest BCUT2D eigenvalue weighted by Crippen LogP contribution is 2.39. The number of ketones is 4. The molecule has 200 valence electrons. The highest BCUT2D eigenvalue weighted by Gasteiger charge is 2.37. The molecule has 0 atom stereocenters. The van der Waals surface area contributed by atoms with Crippen molar-refractivity contribution in [3.8, 4) is 0 Å². The standard InChI is InChI=1S/C22H24O2.C14H8O2/c1-9-10(2)14(6)18-17(13(9)5)21(23)19-15(7)11(3)12(4)16(8)20(19)22(18)24;15-13-9-5-1-2-6-10(9)14(16)12-8-4-3-7-11(12)13/h1-8H3;1-8H. The molecule has 0 spiro atoms. The predicted molar refractivity (Wildman–Crippen MR) is 157 cm³/mol. The number of rotatable bonds is 0. The molecule has 4 heteroatoms. The first-order chi connectivity index (χ1) is 18.9. The number of benzene rings is 4. The van der Waals surface area contributed by atoms with Gasteiger partial charge in [-0.25, -0.2) is 0 Å². The predicted octanol–water partition coefficient (Wildman–Crippen LogP) is 7.39. The molecule has 2 aliphatic carbocycles. The van der Waals surface area contributed by atoms with Crippen molar-refractivity contribution < 1.29 is 19.2 Å². The van der Waals surface area contributed by atoms with Gasteiger partial charge in [-0.2, -0.15) is 0 Å². The minimum Gasteiger partial charge on any atom is -0.289 e. The molecular formula is C36H32O4. The summed E-state index contributed by atoms with van der Waals surface area (Å²) >= 11 is 0. The minimum atomic E-state index is -0.0641. The molecular weight excluding hydrogens is 496 g/mol. The fraction of sp³-hybridized carbons (Fsp3) is 0.222. The lowest BCUT2D eigenvalue weighted by Gasteiger charge is -2.28. The van der Waals surface area contributed by atoms with E-state index in [1.54, 1.807) is 48.5 Å². The van der Waals surface area contributed by atoms with E-state index in [1.807, 2.05) is 55.4 Å². The van der Waals surface area contributed by atoms with E-state index in [1.165, 1.54) is 0 Å². The Morgan fingerprint density at radius 2 is 0.500 bits per heavy atom. The smallest absolute Gasteiger partial charge is 0.195 e. The van der Waals surface area contributed by atoms with Crippen LogP contribution in [0.5, 0.6) is 0 Å². The van der Waals surface area contributed by atoms with Gasteiger partial charge in [0.05, 0.1) is 0 Å². The second kappa shape index (κ2) is 9.63. The van der Waals surface area contributed by atoms with Crippen LogP contribution in [0.1, 0.15) is 108 Å². The molecule has 0 heterocycles. The van der Waals surface area contributed by atoms with Crippen molar-refractivity contribution in [1.82, 2.24) is 0 Å². The first kappa shape index (κ1) is 27.1. The second-order valence-corrected chi connectivity index (χ2v) is 10.9. The summed E-state index contributed by atoms with van der Waals surface area (Å²) in [6.45, 7) is 16.0. The van der Waals surface area contributed by atoms with Gasteiger partial charge in [-0.1, -0.05) is 48.5 Å². The average Bonchev–Trinajstić information content (AvgIpc) is 2.96. The molecule has 6 rings (SSSR count). The lowest BCUT2D eigenvalue weighted by atomic mass is 9.73. The topological polar surface area (TPSA) is 68.3 Å². The molecule has 40 heavy (non-hydrogen) atoms. The van der Waals surface area contributed by atoms with Crippen molar-refractivity contribution in [2.24, 2.45) is 0 Å². The number of fused-ring (bicyclic) bond motifs is 4. The van der Waals surface area contributed by atoms with E-state index in [-0.39, 0.29) is 23.1 Å². The van der Waals surface area contributed by atoms with Gasteiger partial charge in [0.25, 0.3) is 0 Å². The van der Waals surface area contributed by atoms with Crippen molar-refractivity contribution in [3.05, 3.63) is 138 Å². The summed E-state index contributed by atoms with van der Waals surface area (Å²) in [5.74, 6) is -0.115. The largest absolute Gasteiger partial charge is 0.289 e. The van der Waals surface area contributed by atoms with E-state index in [4.69, 9.17) is 0 Å². The molecule has 0 aromatic heterocycles. The SMILES string of the molecule is Cc1c(C)c(C)c2c(c1C)C(=O)c1c(C)c(C)c(C)c(C)c1C2=O.O=C1c2ccccc2C(=O)c2ccccc21. The van der Waals surface area contributed by atoms with E-state index in [9.17, 15) is 19.2 Å². The first-order valence-corrected chi connectivity index (χ1v) is 13.5. The van der Waals surface area contributed by atoms with Crippen molar-refractivity contribution in [2.45, 2.75) is 55.4 Å². The zero-order valence-corrected chi connectivity index (χ0v) is 24.3. The maximum absolute atomic E-state index is 13.4. The van der Waals surface area contributed by atoms with Crippen LogP contribution in [0.4, 0.5) is 0 Å². The van der Waals surface area contributed by atoms with Gasteiger partial charge in [0, 0.05) is 44.5 Å². The third kappa shape index (κ3) is 3.74. The van der Waals surface area contributed by atoms with Crippen molar-refractivity contribution in [2.75, 3.05) is 0 Å². The van der Waals surface area contributed by atoms with Gasteiger partial charge in [0.2, 0.25) is 0 Å². The maximum atomic E-state index is 13.4. The second-order valence-electron chi connectivity index (χ2n) is 10.9. The highest BCUT2D eigenvalue weighted by molar-refractivity contribution is 6.31. The molecule has 0 radical (unpaired) electrons. The molecule has 0 unspecified atom stereocenters. The van der Waals surface area contributed by atoms with Gasteiger partial charge in [0.1, 0.15) is 0 Å². The Balaban J connectivity index is 0.000000174. The molecule has 4 nitrogen and oxygen atoms in total. The molecule has 0 amide bonds. The van der Waals surface area contributed by atoms with Crippen LogP contribution in [0.25, 0.3) is 0 Å². The third-order valence-corrected chi connectivity index (χ3v) is 9.12. The molecule has 0 saturated carbocycles. The van der Waals surface area contributed by atoms with E-state index in [0.29, 0.717) is 44.5 Å². The van der Waals surface area contributed by atoms with Crippen LogP contribution in [0.15, 0.2) is 48.5 Å². The zero-order valence-electron chi connectivity index (χ0n) is 24.3. The Morgan fingerprint density at radius 1 is 0.300 bits per heavy atom. The van der Waals surface area contributed by atoms with E-state index in [0.717, 1.165) is 44.5 Å². The van der Waals surface area contributed by atoms with Crippen LogP contribution in [0.2, 0.25) is 0 Å². The van der Waals surface area contributed by atoms with Crippen molar-refractivity contribution >= 4 is 23.1 Å². The summed E-state index contributed by atoms with van der Waals surface area (Å²) in [5, 5.41) is 0. The van der Waals surface area contributed by atoms with Crippen LogP contribution in [-0.4, -0.2) is 23.1 Å². The first-order valence-electron chi connectivity index (χ1n) is 13.5. The Bertz CT molecular complexity index is 1580. The minimum absolute atomic E-state index is 0.00648. The number of hydrogen-bond acceptors (Lipinski definition) is 4. The fourth-order valence-corrected chi connectivity index (χ4v) is 6.06. The Hall–Kier alpha value is -4.44. The fourth-order valence-electron chi connectivity index (χ4n) is 6.06. The van der Waals surface area contributed by atoms with Crippen LogP contribution >= 0.6 is 0 Å². The van der Waals surface area contributed by atoms with Gasteiger partial charge in [0.15, 0.2) is 23.1 Å². The van der Waals surface area contributed by atoms with Crippen LogP contribution in [-0.2, 0) is 0 Å². The summed E-state index contributed by atoms with van der Waals surface area (Å²) in [6, 6.07) is 13.9. The van der Waals surface area contributed by atoms with Gasteiger partial charge >= 0.3 is 0 Å². The molecule has 0 saturated heterocycles. The quantitative estimate of drug-likeness (QED) is 0.206. The normalized spacial score (nSPS) is 13.2. The summed E-state index contributed by atoms with van der Waals surface area (Å²) in [6.07, 6.45) is 0. The molecule has 0 N–H and O–H groups in total. The van der Waals surface area contributed by atoms with Gasteiger partial charge in [-0.3, -0.25) is 19.2 Å². The Morgan fingerprint density at radius 3 is 0.700 bits per heavy atom. The molecule has 4 aromatic rings. The van der Waals surface area contributed by atoms with E-state index in [2.05, 4.69) is 0 Å². The van der Waals surface area contributed by atoms with E-state index < -0.39 is 0 Å². The summed E-state index contributed by atoms with van der Waals surface area (Å²) < 4.78 is 0. The zero-order chi connectivity index (χ0) is 29.2.